The summed E-state index contributed by atoms with van der Waals surface area (Å²) in [6.07, 6.45) is -1.10. The van der Waals surface area contributed by atoms with Crippen molar-refractivity contribution >= 4 is 23.9 Å². The number of benzene rings is 2. The van der Waals surface area contributed by atoms with Crippen molar-refractivity contribution in [3.63, 3.8) is 0 Å². The van der Waals surface area contributed by atoms with Crippen molar-refractivity contribution in [3.05, 3.63) is 59.7 Å². The molecule has 186 valence electrons. The molecule has 0 heterocycles. The summed E-state index contributed by atoms with van der Waals surface area (Å²) < 4.78 is 10.0. The van der Waals surface area contributed by atoms with Crippen molar-refractivity contribution in [2.45, 2.75) is 50.6 Å². The van der Waals surface area contributed by atoms with Gasteiger partial charge in [0.2, 0.25) is 5.91 Å². The average Bonchev–Trinajstić information content (AvgIpc) is 3.13. The highest BCUT2D eigenvalue weighted by Crippen LogP contribution is 2.44. The van der Waals surface area contributed by atoms with E-state index in [1.165, 1.54) is 7.11 Å². The number of nitrogens with one attached hydrogen (secondary N) is 2. The summed E-state index contributed by atoms with van der Waals surface area (Å²) in [7, 11) is 1.20. The highest BCUT2D eigenvalue weighted by Gasteiger charge is 2.31. The van der Waals surface area contributed by atoms with E-state index in [4.69, 9.17) is 4.74 Å². The fourth-order valence-corrected chi connectivity index (χ4v) is 4.22. The molecule has 0 aromatic heterocycles. The highest BCUT2D eigenvalue weighted by molar-refractivity contribution is 5.85. The quantitative estimate of drug-likeness (QED) is 0.443. The van der Waals surface area contributed by atoms with Gasteiger partial charge < -0.3 is 25.2 Å². The molecule has 9 nitrogen and oxygen atoms in total. The molecule has 1 aliphatic carbocycles. The van der Waals surface area contributed by atoms with E-state index in [0.29, 0.717) is 0 Å². The van der Waals surface area contributed by atoms with Crippen molar-refractivity contribution in [1.29, 1.82) is 0 Å². The van der Waals surface area contributed by atoms with Gasteiger partial charge in [0.25, 0.3) is 0 Å². The molecule has 3 rings (SSSR count). The van der Waals surface area contributed by atoms with Gasteiger partial charge in [0.15, 0.2) is 0 Å². The minimum atomic E-state index is -1.26. The number of esters is 1. The van der Waals surface area contributed by atoms with Gasteiger partial charge in [-0.2, -0.15) is 0 Å². The summed E-state index contributed by atoms with van der Waals surface area (Å²) in [5.74, 6) is -2.50. The Morgan fingerprint density at radius 3 is 2.11 bits per heavy atom. The van der Waals surface area contributed by atoms with Crippen LogP contribution in [-0.2, 0) is 23.9 Å². The van der Waals surface area contributed by atoms with Crippen molar-refractivity contribution in [2.24, 2.45) is 0 Å². The molecule has 2 aromatic carbocycles. The number of carboxylic acid groups (broad SMARTS) is 1. The van der Waals surface area contributed by atoms with Crippen molar-refractivity contribution in [2.75, 3.05) is 13.7 Å². The first kappa shape index (κ1) is 25.7. The van der Waals surface area contributed by atoms with Crippen LogP contribution in [-0.4, -0.2) is 54.3 Å². The Morgan fingerprint density at radius 2 is 1.57 bits per heavy atom. The van der Waals surface area contributed by atoms with Crippen LogP contribution in [0.15, 0.2) is 48.5 Å². The molecular weight excluding hydrogens is 452 g/mol. The number of carbonyl (C=O) groups excluding carboxylic acids is 3. The minimum Gasteiger partial charge on any atom is -0.480 e. The van der Waals surface area contributed by atoms with E-state index in [0.717, 1.165) is 22.3 Å². The molecular formula is C26H30N2O7. The molecule has 0 radical (unpaired) electrons. The van der Waals surface area contributed by atoms with E-state index in [1.807, 2.05) is 48.5 Å². The zero-order valence-corrected chi connectivity index (χ0v) is 20.0. The number of rotatable bonds is 10. The van der Waals surface area contributed by atoms with Crippen molar-refractivity contribution in [3.8, 4) is 11.1 Å². The van der Waals surface area contributed by atoms with Crippen LogP contribution < -0.4 is 10.6 Å². The fraction of sp³-hybridized carbons (Fsp3) is 0.385. The second kappa shape index (κ2) is 11.0. The van der Waals surface area contributed by atoms with Crippen LogP contribution in [0.2, 0.25) is 0 Å². The number of amides is 2. The molecule has 0 saturated heterocycles. The molecule has 3 N–H and O–H groups in total. The van der Waals surface area contributed by atoms with Gasteiger partial charge in [-0.05, 0) is 42.5 Å². The van der Waals surface area contributed by atoms with Gasteiger partial charge >= 0.3 is 18.0 Å². The lowest BCUT2D eigenvalue weighted by molar-refractivity contribution is -0.144. The first-order chi connectivity index (χ1) is 16.6. The molecule has 2 aromatic rings. The molecule has 0 fully saturated rings. The Hall–Kier alpha value is -3.88. The zero-order valence-electron chi connectivity index (χ0n) is 20.0. The lowest BCUT2D eigenvalue weighted by Crippen LogP contribution is -2.49. The Labute approximate surface area is 203 Å². The van der Waals surface area contributed by atoms with Gasteiger partial charge in [-0.25, -0.2) is 9.59 Å². The van der Waals surface area contributed by atoms with E-state index in [-0.39, 0.29) is 31.8 Å². The SMILES string of the molecule is COC(=O)CCC(NC(=O)CC(C)(C)NC(=O)OCC1c2ccccc2-c2ccccc21)C(=O)O. The van der Waals surface area contributed by atoms with Gasteiger partial charge in [-0.1, -0.05) is 48.5 Å². The van der Waals surface area contributed by atoms with Crippen LogP contribution >= 0.6 is 0 Å². The molecule has 35 heavy (non-hydrogen) atoms. The number of hydrogen-bond donors (Lipinski definition) is 3. The summed E-state index contributed by atoms with van der Waals surface area (Å²) in [6.45, 7) is 3.41. The number of carbonyl (C=O) groups is 4. The zero-order chi connectivity index (χ0) is 25.6. The smallest absolute Gasteiger partial charge is 0.407 e. The van der Waals surface area contributed by atoms with Crippen LogP contribution in [0.25, 0.3) is 11.1 Å². The number of fused-ring (bicyclic) bond motifs is 3. The number of methoxy groups -OCH3 is 1. The summed E-state index contributed by atoms with van der Waals surface area (Å²) in [5, 5.41) is 14.4. The molecule has 2 amide bonds. The van der Waals surface area contributed by atoms with E-state index in [2.05, 4.69) is 15.4 Å². The molecule has 9 heteroatoms. The Balaban J connectivity index is 1.54. The third kappa shape index (κ3) is 6.59. The number of hydrogen-bond acceptors (Lipinski definition) is 6. The molecule has 0 aliphatic heterocycles. The Kier molecular flexibility index (Phi) is 8.11. The number of carboxylic acids is 1. The van der Waals surface area contributed by atoms with Crippen LogP contribution in [0, 0.1) is 0 Å². The third-order valence-electron chi connectivity index (χ3n) is 5.88. The molecule has 0 saturated carbocycles. The number of ether oxygens (including phenoxy) is 2. The lowest BCUT2D eigenvalue weighted by atomic mass is 9.98. The average molecular weight is 483 g/mol. The van der Waals surface area contributed by atoms with E-state index >= 15 is 0 Å². The first-order valence-corrected chi connectivity index (χ1v) is 11.3. The second-order valence-electron chi connectivity index (χ2n) is 9.08. The van der Waals surface area contributed by atoms with Crippen LogP contribution in [0.4, 0.5) is 4.79 Å². The third-order valence-corrected chi connectivity index (χ3v) is 5.88. The number of alkyl carbamates (subject to hydrolysis) is 1. The number of aliphatic carboxylic acids is 1. The molecule has 1 aliphatic rings. The van der Waals surface area contributed by atoms with Crippen LogP contribution in [0.3, 0.4) is 0 Å². The largest absolute Gasteiger partial charge is 0.480 e. The van der Waals surface area contributed by atoms with E-state index in [9.17, 15) is 24.3 Å². The molecule has 0 spiro atoms. The summed E-state index contributed by atoms with van der Waals surface area (Å²) in [5.41, 5.74) is 3.42. The normalized spacial score (nSPS) is 13.2. The van der Waals surface area contributed by atoms with Gasteiger partial charge in [0.05, 0.1) is 7.11 Å². The van der Waals surface area contributed by atoms with Gasteiger partial charge in [-0.3, -0.25) is 9.59 Å². The van der Waals surface area contributed by atoms with Crippen LogP contribution in [0.1, 0.15) is 50.2 Å². The fourth-order valence-electron chi connectivity index (χ4n) is 4.22. The van der Waals surface area contributed by atoms with Crippen molar-refractivity contribution < 1.29 is 33.8 Å². The van der Waals surface area contributed by atoms with Gasteiger partial charge in [0, 0.05) is 24.3 Å². The monoisotopic (exact) mass is 482 g/mol. The summed E-state index contributed by atoms with van der Waals surface area (Å²) >= 11 is 0. The topological polar surface area (TPSA) is 131 Å². The maximum atomic E-state index is 12.6. The maximum absolute atomic E-state index is 12.6. The molecule has 0 bridgehead atoms. The van der Waals surface area contributed by atoms with Crippen molar-refractivity contribution in [1.82, 2.24) is 10.6 Å². The Morgan fingerprint density at radius 1 is 1.00 bits per heavy atom. The summed E-state index contributed by atoms with van der Waals surface area (Å²) in [4.78, 5) is 47.7. The first-order valence-electron chi connectivity index (χ1n) is 11.3. The minimum absolute atomic E-state index is 0.0919. The lowest BCUT2D eigenvalue weighted by Gasteiger charge is -2.26. The molecule has 1 atom stereocenters. The predicted octanol–water partition coefficient (Wildman–Crippen LogP) is 3.22. The van der Waals surface area contributed by atoms with Gasteiger partial charge in [0.1, 0.15) is 12.6 Å². The standard InChI is InChI=1S/C26H30N2O7/c1-26(2,14-22(29)27-21(24(31)32)12-13-23(30)34-3)28-25(33)35-15-20-18-10-6-4-8-16(18)17-9-5-7-11-19(17)20/h4-11,20-21H,12-15H2,1-3H3,(H,27,29)(H,28,33)(H,31,32). The van der Waals surface area contributed by atoms with E-state index in [1.54, 1.807) is 13.8 Å². The summed E-state index contributed by atoms with van der Waals surface area (Å²) in [6, 6.07) is 14.8. The second-order valence-corrected chi connectivity index (χ2v) is 9.08. The maximum Gasteiger partial charge on any atom is 0.407 e. The highest BCUT2D eigenvalue weighted by atomic mass is 16.5. The Bertz CT molecular complexity index is 1070. The molecule has 1 unspecified atom stereocenters. The van der Waals surface area contributed by atoms with Gasteiger partial charge in [-0.15, -0.1) is 0 Å². The van der Waals surface area contributed by atoms with E-state index < -0.39 is 35.5 Å². The van der Waals surface area contributed by atoms with Crippen LogP contribution in [0.5, 0.6) is 0 Å². The predicted molar refractivity (Wildman–Crippen MR) is 128 cm³/mol.